The molecule has 0 heterocycles. The van der Waals surface area contributed by atoms with E-state index in [1.54, 1.807) is 24.3 Å². The molecule has 0 unspecified atom stereocenters. The topological polar surface area (TPSA) is 98.8 Å². The Morgan fingerprint density at radius 1 is 0.724 bits per heavy atom. The number of rotatable bonds is 8. The molecule has 3 aromatic carbocycles. The Labute approximate surface area is 168 Å². The Bertz CT molecular complexity index is 995. The first-order valence-corrected chi connectivity index (χ1v) is 9.13. The number of Topliss-reactive ketones (excluding diaryl/α,β-unsaturated/α-hetero) is 1. The van der Waals surface area contributed by atoms with Gasteiger partial charge in [0, 0.05) is 17.8 Å². The van der Waals surface area contributed by atoms with E-state index in [-0.39, 0.29) is 12.4 Å². The quantitative estimate of drug-likeness (QED) is 0.359. The molecule has 0 amide bonds. The van der Waals surface area contributed by atoms with Crippen LogP contribution < -0.4 is 5.32 Å². The second-order valence-electron chi connectivity index (χ2n) is 6.22. The molecule has 0 atom stereocenters. The maximum absolute atomic E-state index is 11.3. The Hall–Kier alpha value is -3.71. The van der Waals surface area contributed by atoms with Gasteiger partial charge in [0.1, 0.15) is 0 Å². The van der Waals surface area contributed by atoms with Crippen LogP contribution in [0.5, 0.6) is 0 Å². The predicted octanol–water partition coefficient (Wildman–Crippen LogP) is 6.12. The first kappa shape index (κ1) is 20.0. The van der Waals surface area contributed by atoms with Crippen LogP contribution in [-0.2, 0) is 0 Å². The first-order valence-electron chi connectivity index (χ1n) is 9.13. The van der Waals surface area contributed by atoms with Gasteiger partial charge in [-0.3, -0.25) is 4.79 Å². The maximum atomic E-state index is 11.3. The van der Waals surface area contributed by atoms with Crippen LogP contribution in [0.4, 0.5) is 28.4 Å². The van der Waals surface area contributed by atoms with Gasteiger partial charge >= 0.3 is 0 Å². The third-order valence-corrected chi connectivity index (χ3v) is 3.99. The number of nitrogens with zero attached hydrogens (tertiary/aromatic N) is 4. The first-order chi connectivity index (χ1) is 14.1. The van der Waals surface area contributed by atoms with Gasteiger partial charge in [-0.25, -0.2) is 0 Å². The van der Waals surface area contributed by atoms with Gasteiger partial charge < -0.3 is 10.4 Å². The van der Waals surface area contributed by atoms with E-state index >= 15 is 0 Å². The van der Waals surface area contributed by atoms with Gasteiger partial charge in [-0.05, 0) is 79.7 Å². The van der Waals surface area contributed by atoms with Gasteiger partial charge in [-0.2, -0.15) is 20.5 Å². The van der Waals surface area contributed by atoms with Crippen molar-refractivity contribution < 1.29 is 9.90 Å². The van der Waals surface area contributed by atoms with Gasteiger partial charge in [-0.15, -0.1) is 0 Å². The van der Waals surface area contributed by atoms with Gasteiger partial charge in [-0.1, -0.05) is 0 Å². The Morgan fingerprint density at radius 2 is 1.10 bits per heavy atom. The second-order valence-corrected chi connectivity index (χ2v) is 6.22. The average molecular weight is 387 g/mol. The minimum absolute atomic E-state index is 0.0209. The van der Waals surface area contributed by atoms with Crippen molar-refractivity contribution in [1.82, 2.24) is 0 Å². The van der Waals surface area contributed by atoms with Crippen LogP contribution in [-0.4, -0.2) is 24.0 Å². The van der Waals surface area contributed by atoms with Crippen molar-refractivity contribution >= 4 is 34.2 Å². The summed E-state index contributed by atoms with van der Waals surface area (Å²) in [5.41, 5.74) is 4.38. The molecule has 146 valence electrons. The molecule has 2 N–H and O–H groups in total. The molecule has 0 aliphatic rings. The van der Waals surface area contributed by atoms with Crippen molar-refractivity contribution in [2.45, 2.75) is 6.92 Å². The van der Waals surface area contributed by atoms with Gasteiger partial charge in [0.25, 0.3) is 0 Å². The number of benzene rings is 3. The third-order valence-electron chi connectivity index (χ3n) is 3.99. The Balaban J connectivity index is 1.59. The van der Waals surface area contributed by atoms with Crippen LogP contribution in [0.3, 0.4) is 0 Å². The molecule has 3 rings (SSSR count). The number of carbonyl (C=O) groups excluding carboxylic acids is 1. The van der Waals surface area contributed by atoms with Crippen molar-refractivity contribution in [3.05, 3.63) is 78.4 Å². The number of hydrogen-bond acceptors (Lipinski definition) is 7. The zero-order valence-corrected chi connectivity index (χ0v) is 16.0. The molecule has 0 saturated carbocycles. The molecule has 7 nitrogen and oxygen atoms in total. The fraction of sp³-hybridized carbons (Fsp3) is 0.136. The molecule has 3 aromatic rings. The molecule has 0 saturated heterocycles. The summed E-state index contributed by atoms with van der Waals surface area (Å²) in [5, 5.41) is 28.7. The highest BCUT2D eigenvalue weighted by Crippen LogP contribution is 2.24. The number of nitrogens with one attached hydrogen (secondary N) is 1. The molecular formula is C22H21N5O2. The molecular weight excluding hydrogens is 366 g/mol. The predicted molar refractivity (Wildman–Crippen MR) is 113 cm³/mol. The molecule has 0 radical (unpaired) electrons. The zero-order valence-electron chi connectivity index (χ0n) is 16.0. The van der Waals surface area contributed by atoms with Crippen LogP contribution in [0.1, 0.15) is 17.3 Å². The maximum Gasteiger partial charge on any atom is 0.159 e. The van der Waals surface area contributed by atoms with Crippen molar-refractivity contribution in [2.75, 3.05) is 18.5 Å². The lowest BCUT2D eigenvalue weighted by atomic mass is 10.1. The van der Waals surface area contributed by atoms with Crippen molar-refractivity contribution in [3.63, 3.8) is 0 Å². The van der Waals surface area contributed by atoms with Crippen LogP contribution in [0, 0.1) is 0 Å². The van der Waals surface area contributed by atoms with Crippen molar-refractivity contribution in [2.24, 2.45) is 20.5 Å². The lowest BCUT2D eigenvalue weighted by Crippen LogP contribution is -2.04. The van der Waals surface area contributed by atoms with E-state index in [9.17, 15) is 4.79 Å². The highest BCUT2D eigenvalue weighted by atomic mass is 16.3. The average Bonchev–Trinajstić information content (AvgIpc) is 2.76. The van der Waals surface area contributed by atoms with Gasteiger partial charge in [0.05, 0.1) is 29.4 Å². The van der Waals surface area contributed by atoms with E-state index in [1.165, 1.54) is 6.92 Å². The van der Waals surface area contributed by atoms with Crippen LogP contribution in [0.25, 0.3) is 0 Å². The summed E-state index contributed by atoms with van der Waals surface area (Å²) < 4.78 is 0. The normalized spacial score (nSPS) is 11.2. The van der Waals surface area contributed by atoms with Crippen molar-refractivity contribution in [1.29, 1.82) is 0 Å². The van der Waals surface area contributed by atoms with E-state index in [0.717, 1.165) is 11.4 Å². The van der Waals surface area contributed by atoms with E-state index in [2.05, 4.69) is 25.8 Å². The summed E-state index contributed by atoms with van der Waals surface area (Å²) in [6, 6.07) is 21.7. The fourth-order valence-electron chi connectivity index (χ4n) is 2.43. The number of azo groups is 2. The lowest BCUT2D eigenvalue weighted by Gasteiger charge is -2.03. The minimum atomic E-state index is 0.0209. The van der Waals surface area contributed by atoms with Crippen LogP contribution in [0.15, 0.2) is 93.3 Å². The molecule has 0 bridgehead atoms. The molecule has 29 heavy (non-hydrogen) atoms. The highest BCUT2D eigenvalue weighted by molar-refractivity contribution is 5.94. The molecule has 0 aliphatic heterocycles. The minimum Gasteiger partial charge on any atom is -0.395 e. The zero-order chi connectivity index (χ0) is 20.5. The number of anilines is 1. The molecule has 0 aromatic heterocycles. The number of carbonyl (C=O) groups is 1. The third kappa shape index (κ3) is 6.15. The summed E-state index contributed by atoms with van der Waals surface area (Å²) in [4.78, 5) is 11.3. The molecule has 7 heteroatoms. The smallest absolute Gasteiger partial charge is 0.159 e. The Kier molecular flexibility index (Phi) is 6.91. The molecule has 0 aliphatic carbocycles. The van der Waals surface area contributed by atoms with E-state index in [0.29, 0.717) is 29.2 Å². The molecule has 0 spiro atoms. The van der Waals surface area contributed by atoms with Crippen LogP contribution >= 0.6 is 0 Å². The number of ketones is 1. The summed E-state index contributed by atoms with van der Waals surface area (Å²) >= 11 is 0. The lowest BCUT2D eigenvalue weighted by molar-refractivity contribution is 0.101. The second kappa shape index (κ2) is 10.0. The number of aliphatic hydroxyl groups excluding tert-OH is 1. The standard InChI is InChI=1S/C22H21N5O2/c1-16(29)17-2-4-19(5-3-17)24-26-21-10-12-22(13-11-21)27-25-20-8-6-18(7-9-20)23-14-15-28/h2-13,23,28H,14-15H2,1H3. The number of aliphatic hydroxyl groups is 1. The SMILES string of the molecule is CC(=O)c1ccc(N=Nc2ccc(N=Nc3ccc(NCCO)cc3)cc2)cc1. The number of hydrogen-bond donors (Lipinski definition) is 2. The molecule has 0 fully saturated rings. The fourth-order valence-corrected chi connectivity index (χ4v) is 2.43. The van der Waals surface area contributed by atoms with E-state index in [4.69, 9.17) is 5.11 Å². The summed E-state index contributed by atoms with van der Waals surface area (Å²) in [7, 11) is 0. The summed E-state index contributed by atoms with van der Waals surface area (Å²) in [5.74, 6) is 0.0209. The van der Waals surface area contributed by atoms with Crippen molar-refractivity contribution in [3.8, 4) is 0 Å². The largest absolute Gasteiger partial charge is 0.395 e. The highest BCUT2D eigenvalue weighted by Gasteiger charge is 1.98. The summed E-state index contributed by atoms with van der Waals surface area (Å²) in [6.07, 6.45) is 0. The van der Waals surface area contributed by atoms with E-state index in [1.807, 2.05) is 48.5 Å². The van der Waals surface area contributed by atoms with Gasteiger partial charge in [0.15, 0.2) is 5.78 Å². The monoisotopic (exact) mass is 387 g/mol. The summed E-state index contributed by atoms with van der Waals surface area (Å²) in [6.45, 7) is 2.12. The van der Waals surface area contributed by atoms with E-state index < -0.39 is 0 Å². The van der Waals surface area contributed by atoms with Gasteiger partial charge in [0.2, 0.25) is 0 Å². The van der Waals surface area contributed by atoms with Crippen LogP contribution in [0.2, 0.25) is 0 Å². The Morgan fingerprint density at radius 3 is 1.48 bits per heavy atom.